The molecule has 0 spiro atoms. The van der Waals surface area contributed by atoms with E-state index < -0.39 is 0 Å². The van der Waals surface area contributed by atoms with Crippen LogP contribution in [0.4, 0.5) is 17.5 Å². The second-order valence-electron chi connectivity index (χ2n) is 7.14. The molecule has 5 rings (SSSR count). The number of nitrogens with zero attached hydrogens (tertiary/aromatic N) is 7. The lowest BCUT2D eigenvalue weighted by molar-refractivity contribution is 0.0983. The second-order valence-corrected chi connectivity index (χ2v) is 7.14. The lowest BCUT2D eigenvalue weighted by Gasteiger charge is -2.35. The summed E-state index contributed by atoms with van der Waals surface area (Å²) in [5.41, 5.74) is 2.55. The summed E-state index contributed by atoms with van der Waals surface area (Å²) in [6, 6.07) is 13.5. The van der Waals surface area contributed by atoms with Gasteiger partial charge in [-0.15, -0.1) is 10.2 Å². The Morgan fingerprint density at radius 1 is 0.793 bits per heavy atom. The predicted octanol–water partition coefficient (Wildman–Crippen LogP) is 1.80. The minimum Gasteiger partial charge on any atom is -0.352 e. The summed E-state index contributed by atoms with van der Waals surface area (Å²) in [6.07, 6.45) is 4.40. The maximum absolute atomic E-state index is 12.9. The lowest BCUT2D eigenvalue weighted by atomic mass is 10.2. The lowest BCUT2D eigenvalue weighted by Crippen LogP contribution is -2.47. The largest absolute Gasteiger partial charge is 0.352 e. The van der Waals surface area contributed by atoms with Crippen LogP contribution in [0.1, 0.15) is 16.1 Å². The minimum absolute atomic E-state index is 0.0972. The van der Waals surface area contributed by atoms with E-state index in [2.05, 4.69) is 36.0 Å². The fourth-order valence-corrected chi connectivity index (χ4v) is 3.89. The molecule has 3 aromatic rings. The minimum atomic E-state index is -0.0972. The third-order valence-electron chi connectivity index (χ3n) is 5.44. The standard InChI is InChI=1S/C21H21N7O/c29-20(28-11-8-16-4-1-2-5-18(16)28)17-6-7-19(25-24-17)26-12-14-27(15-13-26)21-22-9-3-10-23-21/h1-7,9-10H,8,11-15H2. The Labute approximate surface area is 168 Å². The molecule has 2 aliphatic rings. The van der Waals surface area contributed by atoms with Gasteiger partial charge in [-0.1, -0.05) is 18.2 Å². The van der Waals surface area contributed by atoms with Crippen LogP contribution in [0.5, 0.6) is 0 Å². The van der Waals surface area contributed by atoms with E-state index in [-0.39, 0.29) is 5.91 Å². The van der Waals surface area contributed by atoms with E-state index in [9.17, 15) is 4.79 Å². The topological polar surface area (TPSA) is 78.4 Å². The molecule has 0 aliphatic carbocycles. The highest BCUT2D eigenvalue weighted by molar-refractivity contribution is 6.06. The van der Waals surface area contributed by atoms with Crippen LogP contribution in [-0.4, -0.2) is 58.8 Å². The first-order chi connectivity index (χ1) is 14.3. The van der Waals surface area contributed by atoms with Gasteiger partial charge in [-0.25, -0.2) is 9.97 Å². The first-order valence-electron chi connectivity index (χ1n) is 9.80. The third-order valence-corrected chi connectivity index (χ3v) is 5.44. The smallest absolute Gasteiger partial charge is 0.278 e. The van der Waals surface area contributed by atoms with Crippen LogP contribution < -0.4 is 14.7 Å². The molecule has 1 saturated heterocycles. The highest BCUT2D eigenvalue weighted by atomic mass is 16.2. The van der Waals surface area contributed by atoms with Gasteiger partial charge in [-0.3, -0.25) is 4.79 Å². The zero-order valence-corrected chi connectivity index (χ0v) is 16.0. The number of aromatic nitrogens is 4. The Hall–Kier alpha value is -3.55. The van der Waals surface area contributed by atoms with Crippen LogP contribution in [0.25, 0.3) is 0 Å². The van der Waals surface area contributed by atoms with E-state index in [1.54, 1.807) is 23.4 Å². The summed E-state index contributed by atoms with van der Waals surface area (Å²) in [5.74, 6) is 1.45. The Bertz CT molecular complexity index is 1000. The molecule has 0 atom stereocenters. The van der Waals surface area contributed by atoms with Crippen molar-refractivity contribution in [2.24, 2.45) is 0 Å². The number of carbonyl (C=O) groups excluding carboxylic acids is 1. The summed E-state index contributed by atoms with van der Waals surface area (Å²) in [4.78, 5) is 27.6. The second kappa shape index (κ2) is 7.46. The molecule has 0 unspecified atom stereocenters. The molecule has 1 fully saturated rings. The molecule has 146 valence electrons. The average molecular weight is 387 g/mol. The van der Waals surface area contributed by atoms with Gasteiger partial charge in [0, 0.05) is 50.8 Å². The molecular formula is C21H21N7O. The molecule has 0 bridgehead atoms. The van der Waals surface area contributed by atoms with Gasteiger partial charge < -0.3 is 14.7 Å². The fourth-order valence-electron chi connectivity index (χ4n) is 3.89. The van der Waals surface area contributed by atoms with E-state index in [1.165, 1.54) is 5.56 Å². The van der Waals surface area contributed by atoms with Gasteiger partial charge in [0.2, 0.25) is 5.95 Å². The van der Waals surface area contributed by atoms with Crippen LogP contribution >= 0.6 is 0 Å². The van der Waals surface area contributed by atoms with Gasteiger partial charge in [0.15, 0.2) is 11.5 Å². The van der Waals surface area contributed by atoms with Crippen LogP contribution in [0, 0.1) is 0 Å². The number of para-hydroxylation sites is 1. The van der Waals surface area contributed by atoms with Crippen molar-refractivity contribution in [1.29, 1.82) is 0 Å². The van der Waals surface area contributed by atoms with Crippen molar-refractivity contribution < 1.29 is 4.79 Å². The molecule has 0 radical (unpaired) electrons. The number of anilines is 3. The van der Waals surface area contributed by atoms with Crippen LogP contribution in [0.2, 0.25) is 0 Å². The van der Waals surface area contributed by atoms with Crippen molar-refractivity contribution in [1.82, 2.24) is 20.2 Å². The van der Waals surface area contributed by atoms with Gasteiger partial charge in [0.05, 0.1) is 0 Å². The fraction of sp³-hybridized carbons (Fsp3) is 0.286. The number of hydrogen-bond acceptors (Lipinski definition) is 7. The monoisotopic (exact) mass is 387 g/mol. The van der Waals surface area contributed by atoms with Crippen molar-refractivity contribution >= 4 is 23.4 Å². The van der Waals surface area contributed by atoms with Gasteiger partial charge in [-0.2, -0.15) is 0 Å². The number of hydrogen-bond donors (Lipinski definition) is 0. The number of benzene rings is 1. The van der Waals surface area contributed by atoms with Crippen LogP contribution in [-0.2, 0) is 6.42 Å². The number of rotatable bonds is 3. The molecule has 4 heterocycles. The van der Waals surface area contributed by atoms with E-state index >= 15 is 0 Å². The van der Waals surface area contributed by atoms with Gasteiger partial charge in [-0.05, 0) is 36.2 Å². The molecule has 8 nitrogen and oxygen atoms in total. The van der Waals surface area contributed by atoms with E-state index in [0.717, 1.165) is 50.1 Å². The molecule has 0 N–H and O–H groups in total. The molecule has 2 aromatic heterocycles. The van der Waals surface area contributed by atoms with Gasteiger partial charge in [0.25, 0.3) is 5.91 Å². The highest BCUT2D eigenvalue weighted by Crippen LogP contribution is 2.28. The third kappa shape index (κ3) is 3.37. The molecule has 1 amide bonds. The van der Waals surface area contributed by atoms with Crippen molar-refractivity contribution in [2.75, 3.05) is 47.4 Å². The van der Waals surface area contributed by atoms with Gasteiger partial charge in [0.1, 0.15) is 0 Å². The van der Waals surface area contributed by atoms with Crippen molar-refractivity contribution in [3.63, 3.8) is 0 Å². The Morgan fingerprint density at radius 3 is 2.31 bits per heavy atom. The van der Waals surface area contributed by atoms with Crippen LogP contribution in [0.3, 0.4) is 0 Å². The van der Waals surface area contributed by atoms with Gasteiger partial charge >= 0.3 is 0 Å². The normalized spacial score (nSPS) is 16.1. The molecule has 2 aliphatic heterocycles. The first-order valence-corrected chi connectivity index (χ1v) is 9.80. The predicted molar refractivity (Wildman–Crippen MR) is 110 cm³/mol. The maximum atomic E-state index is 12.9. The number of amides is 1. The molecule has 0 saturated carbocycles. The molecule has 8 heteroatoms. The Kier molecular flexibility index (Phi) is 4.51. The zero-order chi connectivity index (χ0) is 19.6. The number of piperazine rings is 1. The van der Waals surface area contributed by atoms with Crippen LogP contribution in [0.15, 0.2) is 54.9 Å². The summed E-state index contributed by atoms with van der Waals surface area (Å²) < 4.78 is 0. The SMILES string of the molecule is O=C(c1ccc(N2CCN(c3ncccn3)CC2)nn1)N1CCc2ccccc21. The zero-order valence-electron chi connectivity index (χ0n) is 16.0. The van der Waals surface area contributed by atoms with E-state index in [1.807, 2.05) is 30.3 Å². The van der Waals surface area contributed by atoms with Crippen molar-refractivity contribution in [2.45, 2.75) is 6.42 Å². The van der Waals surface area contributed by atoms with Crippen molar-refractivity contribution in [3.8, 4) is 0 Å². The van der Waals surface area contributed by atoms with Crippen molar-refractivity contribution in [3.05, 3.63) is 66.1 Å². The quantitative estimate of drug-likeness (QED) is 0.678. The summed E-state index contributed by atoms with van der Waals surface area (Å²) in [5, 5.41) is 8.55. The Morgan fingerprint density at radius 2 is 1.55 bits per heavy atom. The summed E-state index contributed by atoms with van der Waals surface area (Å²) in [6.45, 7) is 3.93. The molecular weight excluding hydrogens is 366 g/mol. The molecule has 1 aromatic carbocycles. The molecule has 29 heavy (non-hydrogen) atoms. The van der Waals surface area contributed by atoms with E-state index in [0.29, 0.717) is 12.2 Å². The summed E-state index contributed by atoms with van der Waals surface area (Å²) in [7, 11) is 0. The number of carbonyl (C=O) groups is 1. The maximum Gasteiger partial charge on any atom is 0.278 e. The highest BCUT2D eigenvalue weighted by Gasteiger charge is 2.27. The average Bonchev–Trinajstić information content (AvgIpc) is 3.24. The Balaban J connectivity index is 1.25. The number of fused-ring (bicyclic) bond motifs is 1. The summed E-state index contributed by atoms with van der Waals surface area (Å²) >= 11 is 0. The van der Waals surface area contributed by atoms with E-state index in [4.69, 9.17) is 0 Å². The first kappa shape index (κ1) is 17.5.